The third-order valence-electron chi connectivity index (χ3n) is 13.2. The second kappa shape index (κ2) is 26.4. The summed E-state index contributed by atoms with van der Waals surface area (Å²) in [6.07, 6.45) is 13.4. The van der Waals surface area contributed by atoms with E-state index < -0.39 is 0 Å². The molecule has 4 heterocycles. The molecule has 0 saturated heterocycles. The van der Waals surface area contributed by atoms with Crippen LogP contribution in [0.5, 0.6) is 0 Å². The van der Waals surface area contributed by atoms with Crippen LogP contribution in [-0.2, 0) is 9.47 Å². The van der Waals surface area contributed by atoms with Crippen LogP contribution in [0.2, 0.25) is 0 Å². The Morgan fingerprint density at radius 1 is 0.557 bits per heavy atom. The molecule has 6 aromatic carbocycles. The molecule has 2 unspecified atom stereocenters. The predicted molar refractivity (Wildman–Crippen MR) is 314 cm³/mol. The van der Waals surface area contributed by atoms with Gasteiger partial charge in [-0.3, -0.25) is 14.8 Å². The fourth-order valence-corrected chi connectivity index (χ4v) is 9.03. The lowest BCUT2D eigenvalue weighted by Gasteiger charge is -2.24. The highest BCUT2D eigenvalue weighted by molar-refractivity contribution is 6.04. The minimum atomic E-state index is 0.0562. The molecular formula is C68H58N8O3. The summed E-state index contributed by atoms with van der Waals surface area (Å²) in [5, 5.41) is 32.2. The minimum Gasteiger partial charge on any atom is -0.466 e. The first-order valence-electron chi connectivity index (χ1n) is 26.0. The lowest BCUT2D eigenvalue weighted by atomic mass is 9.98. The third kappa shape index (κ3) is 13.9. The molecule has 0 radical (unpaired) electrons. The monoisotopic (exact) mass is 1030 g/mol. The molecular weight excluding hydrogens is 977 g/mol. The predicted octanol–water partition coefficient (Wildman–Crippen LogP) is 16.2. The molecule has 10 rings (SSSR count). The minimum absolute atomic E-state index is 0.0562. The summed E-state index contributed by atoms with van der Waals surface area (Å²) in [6, 6.07) is 61.5. The van der Waals surface area contributed by atoms with E-state index in [1.165, 1.54) is 11.1 Å². The Hall–Kier alpha value is -10.3. The molecule has 6 aromatic rings. The number of ether oxygens (including phenoxy) is 2. The van der Waals surface area contributed by atoms with Crippen molar-refractivity contribution < 1.29 is 14.3 Å². The zero-order valence-electron chi connectivity index (χ0n) is 44.7. The zero-order valence-corrected chi connectivity index (χ0v) is 44.7. The van der Waals surface area contributed by atoms with Gasteiger partial charge < -0.3 is 9.47 Å². The molecule has 0 N–H and O–H groups in total. The van der Waals surface area contributed by atoms with Crippen LogP contribution in [-0.4, -0.2) is 17.7 Å². The number of allylic oxidation sites excluding steroid dienone is 12. The van der Waals surface area contributed by atoms with E-state index in [1.54, 1.807) is 24.3 Å². The second-order valence-corrected chi connectivity index (χ2v) is 19.4. The summed E-state index contributed by atoms with van der Waals surface area (Å²) in [6.45, 7) is 24.1. The number of benzene rings is 6. The number of carbonyl (C=O) groups is 1. The van der Waals surface area contributed by atoms with Gasteiger partial charge in [-0.1, -0.05) is 167 Å². The molecule has 0 aromatic heterocycles. The first kappa shape index (κ1) is 54.9. The quantitative estimate of drug-likeness (QED) is 0.0719. The SMILES string of the molecule is O=Cc1ccc(N2N=C(c3ccccc3)CC2c2ccccc2)cc1.[C-]#[N+]/C(C#N)=C1/C=C(C)OC(C(C)C)=C1.[C-]#[N+]/C(C#N)=C1C=C(/C=C/c2ccc(N3N=C(c4ccccc4)CC3c3ccccc3)cc2)OC(C(C)C)=C/1. The number of carbonyl (C=O) groups excluding carboxylic acids is 1. The summed E-state index contributed by atoms with van der Waals surface area (Å²) in [5.41, 5.74) is 12.0. The molecule has 11 nitrogen and oxygen atoms in total. The topological polar surface area (TPSA) is 123 Å². The second-order valence-electron chi connectivity index (χ2n) is 19.4. The maximum absolute atomic E-state index is 10.9. The van der Waals surface area contributed by atoms with Crippen molar-refractivity contribution in [2.45, 2.75) is 59.5 Å². The molecule has 0 fully saturated rings. The highest BCUT2D eigenvalue weighted by Crippen LogP contribution is 2.39. The fourth-order valence-electron chi connectivity index (χ4n) is 9.03. The first-order valence-corrected chi connectivity index (χ1v) is 26.0. The van der Waals surface area contributed by atoms with E-state index in [1.807, 2.05) is 132 Å². The van der Waals surface area contributed by atoms with Crippen LogP contribution in [0.1, 0.15) is 97.7 Å². The van der Waals surface area contributed by atoms with Gasteiger partial charge >= 0.3 is 0 Å². The van der Waals surface area contributed by atoms with E-state index in [0.717, 1.165) is 70.1 Å². The normalized spacial score (nSPS) is 17.7. The van der Waals surface area contributed by atoms with Gasteiger partial charge in [-0.05, 0) is 113 Å². The van der Waals surface area contributed by atoms with Crippen molar-refractivity contribution in [3.8, 4) is 12.1 Å². The number of aldehydes is 1. The van der Waals surface area contributed by atoms with Crippen LogP contribution >= 0.6 is 0 Å². The van der Waals surface area contributed by atoms with Crippen LogP contribution in [0, 0.1) is 47.6 Å². The van der Waals surface area contributed by atoms with Crippen molar-refractivity contribution in [1.29, 1.82) is 10.5 Å². The van der Waals surface area contributed by atoms with Gasteiger partial charge in [0.15, 0.2) is 0 Å². The maximum atomic E-state index is 10.9. The Balaban J connectivity index is 0.000000175. The van der Waals surface area contributed by atoms with Gasteiger partial charge in [0.1, 0.15) is 23.6 Å². The summed E-state index contributed by atoms with van der Waals surface area (Å²) in [5.74, 6) is 3.20. The van der Waals surface area contributed by atoms with E-state index >= 15 is 0 Å². The smallest absolute Gasteiger partial charge is 0.269 e. The molecule has 0 aliphatic carbocycles. The van der Waals surface area contributed by atoms with Gasteiger partial charge in [0.25, 0.3) is 11.4 Å². The third-order valence-corrected chi connectivity index (χ3v) is 13.2. The summed E-state index contributed by atoms with van der Waals surface area (Å²) in [4.78, 5) is 17.5. The van der Waals surface area contributed by atoms with Crippen LogP contribution in [0.25, 0.3) is 15.8 Å². The Bertz CT molecular complexity index is 3580. The van der Waals surface area contributed by atoms with Crippen LogP contribution in [0.3, 0.4) is 0 Å². The lowest BCUT2D eigenvalue weighted by molar-refractivity contribution is 0.112. The van der Waals surface area contributed by atoms with Crippen molar-refractivity contribution in [3.05, 3.63) is 302 Å². The molecule has 4 aliphatic rings. The molecule has 0 saturated carbocycles. The number of rotatable bonds is 11. The summed E-state index contributed by atoms with van der Waals surface area (Å²) < 4.78 is 11.5. The highest BCUT2D eigenvalue weighted by atomic mass is 16.5. The average Bonchev–Trinajstić information content (AvgIpc) is 4.22. The molecule has 0 bridgehead atoms. The number of hydrazone groups is 2. The van der Waals surface area contributed by atoms with Crippen LogP contribution in [0.4, 0.5) is 11.4 Å². The number of hydrogen-bond acceptors (Lipinski definition) is 9. The van der Waals surface area contributed by atoms with Crippen molar-refractivity contribution in [2.75, 3.05) is 10.0 Å². The number of anilines is 2. The number of nitriles is 2. The molecule has 2 atom stereocenters. The Labute approximate surface area is 463 Å². The highest BCUT2D eigenvalue weighted by Gasteiger charge is 2.31. The van der Waals surface area contributed by atoms with E-state index in [-0.39, 0.29) is 35.3 Å². The number of hydrogen-bond donors (Lipinski definition) is 0. The zero-order chi connectivity index (χ0) is 55.7. The van der Waals surface area contributed by atoms with Crippen LogP contribution in [0.15, 0.2) is 256 Å². The Kier molecular flexibility index (Phi) is 18.4. The molecule has 79 heavy (non-hydrogen) atoms. The van der Waals surface area contributed by atoms with Crippen LogP contribution < -0.4 is 10.0 Å². The van der Waals surface area contributed by atoms with Gasteiger partial charge in [0, 0.05) is 30.2 Å². The van der Waals surface area contributed by atoms with Gasteiger partial charge in [-0.25, -0.2) is 20.2 Å². The van der Waals surface area contributed by atoms with Crippen molar-refractivity contribution >= 4 is 35.2 Å². The molecule has 11 heteroatoms. The average molecular weight is 1040 g/mol. The van der Waals surface area contributed by atoms with Crippen molar-refractivity contribution in [1.82, 2.24) is 0 Å². The molecule has 388 valence electrons. The van der Waals surface area contributed by atoms with Gasteiger partial charge in [0.2, 0.25) is 0 Å². The lowest BCUT2D eigenvalue weighted by Crippen LogP contribution is -2.18. The van der Waals surface area contributed by atoms with Crippen molar-refractivity contribution in [3.63, 3.8) is 0 Å². The van der Waals surface area contributed by atoms with E-state index in [0.29, 0.717) is 28.2 Å². The largest absolute Gasteiger partial charge is 0.466 e. The Morgan fingerprint density at radius 3 is 1.37 bits per heavy atom. The van der Waals surface area contributed by atoms with Gasteiger partial charge in [-0.15, -0.1) is 0 Å². The Morgan fingerprint density at radius 2 is 0.962 bits per heavy atom. The molecule has 0 spiro atoms. The standard InChI is InChI=1S/C34H28N4O.C22H18N2O.C12H12N2O/c1-24(2)34-21-28(32(23-35)36-3)20-30(39-34)19-16-25-14-17-29(18-15-25)38-33(27-12-8-5-9-13-27)22-31(37-38)26-10-6-4-7-11-26;25-16-17-11-13-20(14-12-17)24-22(19-9-5-2-6-10-19)15-21(23-24)18-7-3-1-4-8-18;1-8(2)12-6-10(5-9(3)15-12)11(7-13)14-4/h4-21,24,33H,22H2,1-2H3;1-14,16,22H,15H2;5-6,8H,1-3H3/b19-16+,32-28-;;11-10-. The van der Waals surface area contributed by atoms with Crippen molar-refractivity contribution in [2.24, 2.45) is 22.0 Å². The van der Waals surface area contributed by atoms with E-state index in [9.17, 15) is 10.1 Å². The fraction of sp³-hybridized carbons (Fsp3) is 0.162. The molecule has 4 aliphatic heterocycles. The summed E-state index contributed by atoms with van der Waals surface area (Å²) in [7, 11) is 0. The molecule has 0 amide bonds. The van der Waals surface area contributed by atoms with Gasteiger partial charge in [-0.2, -0.15) is 10.2 Å². The first-order chi connectivity index (χ1) is 38.5. The number of nitrogens with zero attached hydrogens (tertiary/aromatic N) is 8. The maximum Gasteiger partial charge on any atom is 0.269 e. The van der Waals surface area contributed by atoms with Gasteiger partial charge in [0.05, 0.1) is 65.9 Å². The van der Waals surface area contributed by atoms with E-state index in [2.05, 4.69) is 117 Å². The van der Waals surface area contributed by atoms with E-state index in [4.69, 9.17) is 38.1 Å². The summed E-state index contributed by atoms with van der Waals surface area (Å²) >= 11 is 0.